The smallest absolute Gasteiger partial charge is 0.214 e. The number of aromatic hydroxyl groups is 1. The zero-order valence-corrected chi connectivity index (χ0v) is 10.9. The predicted molar refractivity (Wildman–Crippen MR) is 81.3 cm³/mol. The Morgan fingerprint density at radius 2 is 1.95 bits per heavy atom. The first-order valence-corrected chi connectivity index (χ1v) is 6.48. The van der Waals surface area contributed by atoms with Crippen LogP contribution in [0.15, 0.2) is 47.5 Å². The number of aromatic amines is 1. The third kappa shape index (κ3) is 1.57. The Labute approximate surface area is 119 Å². The topological polar surface area (TPSA) is 91.5 Å². The molecule has 102 valence electrons. The van der Waals surface area contributed by atoms with Crippen molar-refractivity contribution >= 4 is 33.8 Å². The number of nitrogen functional groups attached to an aromatic ring is 1. The van der Waals surface area contributed by atoms with Gasteiger partial charge in [-0.3, -0.25) is 4.79 Å². The molecule has 0 bridgehead atoms. The largest absolute Gasteiger partial charge is 0.494 e. The van der Waals surface area contributed by atoms with Crippen LogP contribution < -0.4 is 5.73 Å². The minimum absolute atomic E-state index is 0.0736. The Morgan fingerprint density at radius 3 is 2.76 bits per heavy atom. The van der Waals surface area contributed by atoms with E-state index in [4.69, 9.17) is 5.73 Å². The van der Waals surface area contributed by atoms with E-state index in [9.17, 15) is 9.90 Å². The zero-order valence-electron chi connectivity index (χ0n) is 10.9. The summed E-state index contributed by atoms with van der Waals surface area (Å²) < 4.78 is 0. The van der Waals surface area contributed by atoms with Crippen molar-refractivity contribution in [2.24, 2.45) is 4.99 Å². The van der Waals surface area contributed by atoms with Crippen LogP contribution >= 0.6 is 0 Å². The molecule has 4 N–H and O–H groups in total. The van der Waals surface area contributed by atoms with Crippen molar-refractivity contribution in [2.45, 2.75) is 0 Å². The SMILES string of the molecule is Nc1ccc2[nH]c(O)c(C3=Nc4ccccc4C3=O)c2c1. The molecule has 0 saturated heterocycles. The molecule has 0 atom stereocenters. The van der Waals surface area contributed by atoms with E-state index in [1.54, 1.807) is 36.4 Å². The van der Waals surface area contributed by atoms with E-state index in [0.29, 0.717) is 33.4 Å². The summed E-state index contributed by atoms with van der Waals surface area (Å²) in [5, 5.41) is 10.8. The first-order valence-electron chi connectivity index (χ1n) is 6.48. The predicted octanol–water partition coefficient (Wildman–Crippen LogP) is 2.77. The Hall–Kier alpha value is -3.08. The number of hydrogen-bond donors (Lipinski definition) is 3. The van der Waals surface area contributed by atoms with Crippen LogP contribution in [-0.4, -0.2) is 21.6 Å². The van der Waals surface area contributed by atoms with Crippen LogP contribution in [0.4, 0.5) is 11.4 Å². The zero-order chi connectivity index (χ0) is 14.6. The third-order valence-corrected chi connectivity index (χ3v) is 3.64. The first kappa shape index (κ1) is 11.7. The molecule has 3 aromatic rings. The van der Waals surface area contributed by atoms with Gasteiger partial charge in [0, 0.05) is 22.2 Å². The van der Waals surface area contributed by atoms with E-state index in [2.05, 4.69) is 9.98 Å². The van der Waals surface area contributed by atoms with E-state index < -0.39 is 0 Å². The summed E-state index contributed by atoms with van der Waals surface area (Å²) in [4.78, 5) is 19.7. The molecule has 0 unspecified atom stereocenters. The number of anilines is 1. The van der Waals surface area contributed by atoms with Crippen LogP contribution in [0.2, 0.25) is 0 Å². The Morgan fingerprint density at radius 1 is 1.14 bits per heavy atom. The van der Waals surface area contributed by atoms with Crippen LogP contribution in [0.3, 0.4) is 0 Å². The number of nitrogens with two attached hydrogens (primary N) is 1. The Balaban J connectivity index is 1.99. The second kappa shape index (κ2) is 3.96. The lowest BCUT2D eigenvalue weighted by molar-refractivity contribution is 0.107. The molecule has 0 radical (unpaired) electrons. The minimum Gasteiger partial charge on any atom is -0.494 e. The fourth-order valence-corrected chi connectivity index (χ4v) is 2.67. The summed E-state index contributed by atoms with van der Waals surface area (Å²) in [5.41, 5.74) is 8.88. The van der Waals surface area contributed by atoms with Crippen molar-refractivity contribution in [3.05, 3.63) is 53.6 Å². The number of ketones is 1. The van der Waals surface area contributed by atoms with Crippen LogP contribution in [-0.2, 0) is 0 Å². The number of aliphatic imine (C=N–C) groups is 1. The number of rotatable bonds is 1. The molecule has 2 aromatic carbocycles. The average Bonchev–Trinajstić information content (AvgIpc) is 2.96. The molecule has 0 amide bonds. The van der Waals surface area contributed by atoms with Gasteiger partial charge < -0.3 is 15.8 Å². The number of fused-ring (bicyclic) bond motifs is 2. The maximum Gasteiger partial charge on any atom is 0.214 e. The van der Waals surface area contributed by atoms with Gasteiger partial charge in [-0.2, -0.15) is 0 Å². The molecule has 21 heavy (non-hydrogen) atoms. The summed E-state index contributed by atoms with van der Waals surface area (Å²) >= 11 is 0. The molecule has 4 rings (SSSR count). The molecule has 0 saturated carbocycles. The lowest BCUT2D eigenvalue weighted by Crippen LogP contribution is -2.10. The number of aromatic nitrogens is 1. The number of carbonyl (C=O) groups is 1. The molecule has 0 fully saturated rings. The monoisotopic (exact) mass is 277 g/mol. The average molecular weight is 277 g/mol. The van der Waals surface area contributed by atoms with E-state index in [1.165, 1.54) is 0 Å². The fraction of sp³-hybridized carbons (Fsp3) is 0. The summed E-state index contributed by atoms with van der Waals surface area (Å²) in [6, 6.07) is 12.3. The maximum atomic E-state index is 12.5. The van der Waals surface area contributed by atoms with Crippen LogP contribution in [0, 0.1) is 0 Å². The number of nitrogens with one attached hydrogen (secondary N) is 1. The van der Waals surface area contributed by atoms with Crippen molar-refractivity contribution in [3.8, 4) is 5.88 Å². The van der Waals surface area contributed by atoms with E-state index in [1.807, 2.05) is 6.07 Å². The van der Waals surface area contributed by atoms with Gasteiger partial charge in [-0.15, -0.1) is 0 Å². The highest BCUT2D eigenvalue weighted by Crippen LogP contribution is 2.35. The standard InChI is InChI=1S/C16H11N3O2/c17-8-5-6-12-10(7-8)13(16(21)19-12)14-15(20)9-3-1-2-4-11(9)18-14/h1-7,19,21H,17H2. The number of para-hydroxylation sites is 1. The van der Waals surface area contributed by atoms with Crippen LogP contribution in [0.1, 0.15) is 15.9 Å². The Bertz CT molecular complexity index is 938. The molecule has 0 aliphatic carbocycles. The highest BCUT2D eigenvalue weighted by molar-refractivity contribution is 6.56. The molecular formula is C16H11N3O2. The van der Waals surface area contributed by atoms with Gasteiger partial charge in [0.2, 0.25) is 5.78 Å². The number of carbonyl (C=O) groups excluding carboxylic acids is 1. The molecule has 1 aromatic heterocycles. The summed E-state index contributed by atoms with van der Waals surface area (Å²) in [6.07, 6.45) is 0. The number of H-pyrrole nitrogens is 1. The number of nitrogens with zero attached hydrogens (tertiary/aromatic N) is 1. The lowest BCUT2D eigenvalue weighted by Gasteiger charge is -1.99. The molecule has 1 aliphatic rings. The van der Waals surface area contributed by atoms with E-state index >= 15 is 0 Å². The number of Topliss-reactive ketones (excluding diaryl/α,β-unsaturated/α-hetero) is 1. The lowest BCUT2D eigenvalue weighted by atomic mass is 10.0. The van der Waals surface area contributed by atoms with Gasteiger partial charge >= 0.3 is 0 Å². The van der Waals surface area contributed by atoms with E-state index in [0.717, 1.165) is 0 Å². The summed E-state index contributed by atoms with van der Waals surface area (Å²) in [5.74, 6) is -0.264. The molecule has 0 spiro atoms. The van der Waals surface area contributed by atoms with Gasteiger partial charge in [-0.05, 0) is 30.3 Å². The second-order valence-corrected chi connectivity index (χ2v) is 4.96. The van der Waals surface area contributed by atoms with Gasteiger partial charge in [0.1, 0.15) is 5.71 Å². The number of hydrogen-bond acceptors (Lipinski definition) is 4. The highest BCUT2D eigenvalue weighted by Gasteiger charge is 2.29. The van der Waals surface area contributed by atoms with Gasteiger partial charge in [0.25, 0.3) is 0 Å². The second-order valence-electron chi connectivity index (χ2n) is 4.96. The van der Waals surface area contributed by atoms with Crippen molar-refractivity contribution < 1.29 is 9.90 Å². The highest BCUT2D eigenvalue weighted by atomic mass is 16.3. The minimum atomic E-state index is -0.191. The van der Waals surface area contributed by atoms with E-state index in [-0.39, 0.29) is 17.4 Å². The molecule has 1 aliphatic heterocycles. The third-order valence-electron chi connectivity index (χ3n) is 3.64. The van der Waals surface area contributed by atoms with Gasteiger partial charge in [0.15, 0.2) is 5.88 Å². The van der Waals surface area contributed by atoms with Crippen LogP contribution in [0.25, 0.3) is 10.9 Å². The van der Waals surface area contributed by atoms with Crippen molar-refractivity contribution in [1.29, 1.82) is 0 Å². The normalized spacial score (nSPS) is 13.5. The van der Waals surface area contributed by atoms with Gasteiger partial charge in [-0.25, -0.2) is 4.99 Å². The van der Waals surface area contributed by atoms with Crippen LogP contribution in [0.5, 0.6) is 5.88 Å². The van der Waals surface area contributed by atoms with Crippen molar-refractivity contribution in [2.75, 3.05) is 5.73 Å². The summed E-state index contributed by atoms with van der Waals surface area (Å²) in [7, 11) is 0. The first-order chi connectivity index (χ1) is 10.1. The van der Waals surface area contributed by atoms with Gasteiger partial charge in [0.05, 0.1) is 11.3 Å². The Kier molecular flexibility index (Phi) is 2.21. The van der Waals surface area contributed by atoms with Crippen molar-refractivity contribution in [1.82, 2.24) is 4.98 Å². The quantitative estimate of drug-likeness (QED) is 0.597. The molecular weight excluding hydrogens is 266 g/mol. The number of benzene rings is 2. The molecule has 5 heteroatoms. The summed E-state index contributed by atoms with van der Waals surface area (Å²) in [6.45, 7) is 0. The fourth-order valence-electron chi connectivity index (χ4n) is 2.67. The van der Waals surface area contributed by atoms with Gasteiger partial charge in [-0.1, -0.05) is 12.1 Å². The molecule has 2 heterocycles. The van der Waals surface area contributed by atoms with Crippen molar-refractivity contribution in [3.63, 3.8) is 0 Å². The molecule has 5 nitrogen and oxygen atoms in total. The maximum absolute atomic E-state index is 12.5.